The maximum Gasteiger partial charge on any atom is 0.337 e. The van der Waals surface area contributed by atoms with E-state index in [1.807, 2.05) is 12.2 Å². The van der Waals surface area contributed by atoms with Crippen LogP contribution in [0, 0.1) is 17.8 Å². The summed E-state index contributed by atoms with van der Waals surface area (Å²) in [7, 11) is 1.25. The van der Waals surface area contributed by atoms with Crippen molar-refractivity contribution in [2.24, 2.45) is 17.8 Å². The Morgan fingerprint density at radius 1 is 1.12 bits per heavy atom. The number of carbonyl (C=O) groups excluding carboxylic acids is 3. The Morgan fingerprint density at radius 2 is 1.88 bits per heavy atom. The Kier molecular flexibility index (Phi) is 13.2. The van der Waals surface area contributed by atoms with Gasteiger partial charge in [-0.25, -0.2) is 4.79 Å². The predicted octanol–water partition coefficient (Wildman–Crippen LogP) is 4.94. The topological polar surface area (TPSA) is 89.9 Å². The number of carbonyl (C=O) groups is 3. The summed E-state index contributed by atoms with van der Waals surface area (Å²) >= 11 is 0. The van der Waals surface area contributed by atoms with Crippen LogP contribution in [0.15, 0.2) is 24.3 Å². The number of aliphatic hydroxyl groups is 1. The first-order valence-electron chi connectivity index (χ1n) is 12.1. The normalized spacial score (nSPS) is 23.0. The van der Waals surface area contributed by atoms with Crippen LogP contribution in [0.1, 0.15) is 85.0 Å². The summed E-state index contributed by atoms with van der Waals surface area (Å²) in [5, 5.41) is 10.1. The molecule has 1 aliphatic rings. The van der Waals surface area contributed by atoms with Gasteiger partial charge in [0, 0.05) is 24.7 Å². The molecule has 0 spiro atoms. The van der Waals surface area contributed by atoms with E-state index in [9.17, 15) is 19.5 Å². The highest BCUT2D eigenvalue weighted by molar-refractivity contribution is 5.84. The number of unbranched alkanes of at least 4 members (excludes halogenated alkanes) is 4. The van der Waals surface area contributed by atoms with Crippen LogP contribution >= 0.6 is 0 Å². The quantitative estimate of drug-likeness (QED) is 0.216. The molecule has 1 rings (SSSR count). The largest absolute Gasteiger partial charge is 0.467 e. The molecular formula is C26H42O6. The van der Waals surface area contributed by atoms with Gasteiger partial charge in [0.1, 0.15) is 5.78 Å². The molecule has 1 fully saturated rings. The van der Waals surface area contributed by atoms with E-state index in [0.29, 0.717) is 25.7 Å². The highest BCUT2D eigenvalue weighted by Gasteiger charge is 2.40. The lowest BCUT2D eigenvalue weighted by atomic mass is 9.86. The second-order valence-electron chi connectivity index (χ2n) is 8.94. The molecule has 6 nitrogen and oxygen atoms in total. The number of hydrogen-bond acceptors (Lipinski definition) is 6. The van der Waals surface area contributed by atoms with E-state index in [1.54, 1.807) is 6.92 Å². The molecule has 0 saturated heterocycles. The monoisotopic (exact) mass is 450 g/mol. The van der Waals surface area contributed by atoms with Crippen molar-refractivity contribution in [1.29, 1.82) is 0 Å². The van der Waals surface area contributed by atoms with Crippen LogP contribution in [-0.4, -0.2) is 42.1 Å². The fourth-order valence-electron chi connectivity index (χ4n) is 4.13. The van der Waals surface area contributed by atoms with Crippen molar-refractivity contribution in [3.8, 4) is 0 Å². The van der Waals surface area contributed by atoms with E-state index < -0.39 is 11.6 Å². The average molecular weight is 451 g/mol. The van der Waals surface area contributed by atoms with Gasteiger partial charge in [0.15, 0.2) is 5.60 Å². The smallest absolute Gasteiger partial charge is 0.337 e. The van der Waals surface area contributed by atoms with Crippen LogP contribution in [0.2, 0.25) is 0 Å². The van der Waals surface area contributed by atoms with Crippen LogP contribution in [-0.2, 0) is 23.9 Å². The van der Waals surface area contributed by atoms with Gasteiger partial charge in [0.25, 0.3) is 0 Å². The van der Waals surface area contributed by atoms with Crippen molar-refractivity contribution >= 4 is 17.7 Å². The second-order valence-corrected chi connectivity index (χ2v) is 8.94. The highest BCUT2D eigenvalue weighted by Crippen LogP contribution is 2.38. The minimum atomic E-state index is -1.51. The van der Waals surface area contributed by atoms with Crippen molar-refractivity contribution in [2.45, 2.75) is 90.6 Å². The third-order valence-corrected chi connectivity index (χ3v) is 6.20. The highest BCUT2D eigenvalue weighted by atomic mass is 16.5. The summed E-state index contributed by atoms with van der Waals surface area (Å²) in [5.74, 6) is -0.741. The number of ketones is 1. The van der Waals surface area contributed by atoms with E-state index in [-0.39, 0.29) is 42.5 Å². The number of hydrogen-bond donors (Lipinski definition) is 1. The van der Waals surface area contributed by atoms with Crippen LogP contribution in [0.5, 0.6) is 0 Å². The fourth-order valence-corrected chi connectivity index (χ4v) is 4.13. The van der Waals surface area contributed by atoms with Gasteiger partial charge in [-0.3, -0.25) is 9.59 Å². The maximum atomic E-state index is 12.7. The van der Waals surface area contributed by atoms with Crippen LogP contribution in [0.25, 0.3) is 0 Å². The van der Waals surface area contributed by atoms with Gasteiger partial charge in [-0.2, -0.15) is 0 Å². The Balaban J connectivity index is 2.70. The molecule has 4 atom stereocenters. The zero-order valence-corrected chi connectivity index (χ0v) is 20.3. The molecule has 1 saturated carbocycles. The Bertz CT molecular complexity index is 649. The zero-order valence-electron chi connectivity index (χ0n) is 20.3. The number of Topliss-reactive ketones (excluding diaryl/α,β-unsaturated/α-hetero) is 1. The van der Waals surface area contributed by atoms with Gasteiger partial charge in [-0.05, 0) is 44.9 Å². The SMILES string of the molecule is CCCCCC/C=C/[C@H]1[C@H](COC(=O)CC)CC(=O)[C@@H]1C/C=C\CCC(C)(O)C(=O)OC. The van der Waals surface area contributed by atoms with Crippen LogP contribution in [0.4, 0.5) is 0 Å². The van der Waals surface area contributed by atoms with Gasteiger partial charge < -0.3 is 14.6 Å². The number of ether oxygens (including phenoxy) is 2. The number of rotatable bonds is 15. The summed E-state index contributed by atoms with van der Waals surface area (Å²) < 4.78 is 9.97. The molecule has 0 aromatic carbocycles. The molecule has 1 unspecified atom stereocenters. The first kappa shape index (κ1) is 28.1. The molecule has 182 valence electrons. The van der Waals surface area contributed by atoms with E-state index in [1.165, 1.54) is 33.3 Å². The molecular weight excluding hydrogens is 408 g/mol. The van der Waals surface area contributed by atoms with Crippen molar-refractivity contribution in [2.75, 3.05) is 13.7 Å². The Morgan fingerprint density at radius 3 is 2.53 bits per heavy atom. The fraction of sp³-hybridized carbons (Fsp3) is 0.731. The first-order valence-corrected chi connectivity index (χ1v) is 12.1. The van der Waals surface area contributed by atoms with Crippen molar-refractivity contribution in [3.05, 3.63) is 24.3 Å². The molecule has 0 bridgehead atoms. The average Bonchev–Trinajstić information content (AvgIpc) is 3.07. The van der Waals surface area contributed by atoms with Gasteiger partial charge in [-0.1, -0.05) is 57.4 Å². The van der Waals surface area contributed by atoms with E-state index in [0.717, 1.165) is 12.8 Å². The molecule has 0 amide bonds. The van der Waals surface area contributed by atoms with Crippen LogP contribution in [0.3, 0.4) is 0 Å². The summed E-state index contributed by atoms with van der Waals surface area (Å²) in [6.45, 7) is 5.68. The summed E-state index contributed by atoms with van der Waals surface area (Å²) in [6, 6.07) is 0. The number of esters is 2. The van der Waals surface area contributed by atoms with Crippen molar-refractivity contribution in [1.82, 2.24) is 0 Å². The lowest BCUT2D eigenvalue weighted by molar-refractivity contribution is -0.161. The summed E-state index contributed by atoms with van der Waals surface area (Å²) in [4.78, 5) is 35.9. The summed E-state index contributed by atoms with van der Waals surface area (Å²) in [5.41, 5.74) is -1.51. The minimum absolute atomic E-state index is 0.0170. The number of methoxy groups -OCH3 is 1. The maximum absolute atomic E-state index is 12.7. The molecule has 1 N–H and O–H groups in total. The van der Waals surface area contributed by atoms with Gasteiger partial charge in [0.05, 0.1) is 13.7 Å². The molecule has 0 aliphatic heterocycles. The first-order chi connectivity index (χ1) is 15.3. The van der Waals surface area contributed by atoms with Gasteiger partial charge >= 0.3 is 11.9 Å². The minimum Gasteiger partial charge on any atom is -0.467 e. The van der Waals surface area contributed by atoms with E-state index in [2.05, 4.69) is 23.8 Å². The Labute approximate surface area is 193 Å². The Hall–Kier alpha value is -1.95. The van der Waals surface area contributed by atoms with Gasteiger partial charge in [0.2, 0.25) is 0 Å². The molecule has 1 aliphatic carbocycles. The zero-order chi connectivity index (χ0) is 24.0. The van der Waals surface area contributed by atoms with Crippen LogP contribution < -0.4 is 0 Å². The van der Waals surface area contributed by atoms with E-state index >= 15 is 0 Å². The van der Waals surface area contributed by atoms with E-state index in [4.69, 9.17) is 4.74 Å². The molecule has 0 aromatic heterocycles. The molecule has 32 heavy (non-hydrogen) atoms. The molecule has 6 heteroatoms. The molecule has 0 radical (unpaired) electrons. The molecule has 0 aromatic rings. The standard InChI is InChI=1S/C26H42O6/c1-5-7-8-9-10-12-15-21-20(19-32-24(28)6-2)18-23(27)22(21)16-13-11-14-17-26(3,30)25(29)31-4/h11-13,15,20-22,30H,5-10,14,16-19H2,1-4H3/b13-11-,15-12+/t20-,21-,22+,26?/m0/s1. The lowest BCUT2D eigenvalue weighted by Gasteiger charge is -2.20. The second kappa shape index (κ2) is 15.0. The number of allylic oxidation sites excluding steroid dienone is 4. The summed E-state index contributed by atoms with van der Waals surface area (Å²) in [6.07, 6.45) is 16.1. The third-order valence-electron chi connectivity index (χ3n) is 6.20. The van der Waals surface area contributed by atoms with Crippen molar-refractivity contribution < 1.29 is 29.0 Å². The third kappa shape index (κ3) is 9.68. The molecule has 0 heterocycles. The van der Waals surface area contributed by atoms with Gasteiger partial charge in [-0.15, -0.1) is 0 Å². The van der Waals surface area contributed by atoms with Crippen molar-refractivity contribution in [3.63, 3.8) is 0 Å². The predicted molar refractivity (Wildman–Crippen MR) is 125 cm³/mol. The lowest BCUT2D eigenvalue weighted by Crippen LogP contribution is -2.35.